The van der Waals surface area contributed by atoms with Crippen molar-refractivity contribution in [3.05, 3.63) is 24.2 Å². The zero-order valence-electron chi connectivity index (χ0n) is 17.6. The molecule has 29 heavy (non-hydrogen) atoms. The average molecular weight is 406 g/mol. The number of unbranched alkanes of at least 4 members (excludes halogenated alkanes) is 1. The molecule has 0 atom stereocenters. The normalized spacial score (nSPS) is 18.9. The van der Waals surface area contributed by atoms with Crippen molar-refractivity contribution in [2.45, 2.75) is 26.2 Å². The minimum Gasteiger partial charge on any atom is -0.469 e. The van der Waals surface area contributed by atoms with Crippen molar-refractivity contribution in [2.75, 3.05) is 72.1 Å². The smallest absolute Gasteiger partial charge is 0.236 e. The lowest BCUT2D eigenvalue weighted by Crippen LogP contribution is -2.55. The molecule has 0 aliphatic carbocycles. The molecule has 8 heteroatoms. The fourth-order valence-corrected chi connectivity index (χ4v) is 3.58. The van der Waals surface area contributed by atoms with Gasteiger partial charge in [0, 0.05) is 58.8 Å². The van der Waals surface area contributed by atoms with Gasteiger partial charge in [0.2, 0.25) is 5.91 Å². The molecular weight excluding hydrogens is 370 g/mol. The van der Waals surface area contributed by atoms with E-state index in [9.17, 15) is 4.79 Å². The Bertz CT molecular complexity index is 620. The highest BCUT2D eigenvalue weighted by Crippen LogP contribution is 2.06. The lowest BCUT2D eigenvalue weighted by atomic mass is 10.3. The number of furan rings is 1. The van der Waals surface area contributed by atoms with Gasteiger partial charge in [0.15, 0.2) is 5.96 Å². The Balaban J connectivity index is 1.45. The van der Waals surface area contributed by atoms with Gasteiger partial charge >= 0.3 is 0 Å². The van der Waals surface area contributed by atoms with E-state index in [1.165, 1.54) is 0 Å². The van der Waals surface area contributed by atoms with Gasteiger partial charge in [-0.3, -0.25) is 14.7 Å². The van der Waals surface area contributed by atoms with Crippen molar-refractivity contribution in [1.82, 2.24) is 20.0 Å². The molecule has 0 radical (unpaired) electrons. The molecule has 2 fully saturated rings. The molecular formula is C21H35N5O3. The second-order valence-corrected chi connectivity index (χ2v) is 7.57. The van der Waals surface area contributed by atoms with E-state index in [1.807, 2.05) is 17.0 Å². The van der Waals surface area contributed by atoms with E-state index in [0.29, 0.717) is 32.8 Å². The second kappa shape index (κ2) is 11.8. The van der Waals surface area contributed by atoms with Crippen molar-refractivity contribution in [3.63, 3.8) is 0 Å². The highest BCUT2D eigenvalue weighted by Gasteiger charge is 2.24. The number of hydrogen-bond acceptors (Lipinski definition) is 5. The second-order valence-electron chi connectivity index (χ2n) is 7.57. The highest BCUT2D eigenvalue weighted by atomic mass is 16.5. The average Bonchev–Trinajstić information content (AvgIpc) is 3.27. The molecule has 2 aliphatic heterocycles. The zero-order chi connectivity index (χ0) is 20.3. The number of rotatable bonds is 8. The van der Waals surface area contributed by atoms with E-state index >= 15 is 0 Å². The Kier molecular flexibility index (Phi) is 8.82. The largest absolute Gasteiger partial charge is 0.469 e. The van der Waals surface area contributed by atoms with Crippen LogP contribution in [-0.2, 0) is 16.0 Å². The quantitative estimate of drug-likeness (QED) is 0.396. The number of carbonyl (C=O) groups excluding carboxylic acids is 1. The van der Waals surface area contributed by atoms with Crippen LogP contribution in [0.25, 0.3) is 0 Å². The predicted molar refractivity (Wildman–Crippen MR) is 113 cm³/mol. The standard InChI is InChI=1S/C21H35N5O3/c1-2-3-7-22-21(23-8-6-19-5-4-15-29-19)26-11-9-24(10-12-26)18-20(27)25-13-16-28-17-14-25/h4-5,15H,2-3,6-14,16-18H2,1H3,(H,22,23). The molecule has 8 nitrogen and oxygen atoms in total. The first-order chi connectivity index (χ1) is 14.3. The van der Waals surface area contributed by atoms with E-state index in [2.05, 4.69) is 22.0 Å². The Labute approximate surface area is 173 Å². The van der Waals surface area contributed by atoms with Gasteiger partial charge in [-0.25, -0.2) is 0 Å². The summed E-state index contributed by atoms with van der Waals surface area (Å²) in [4.78, 5) is 23.8. The molecule has 2 saturated heterocycles. The van der Waals surface area contributed by atoms with Crippen LogP contribution in [-0.4, -0.2) is 98.7 Å². The molecule has 162 valence electrons. The maximum Gasteiger partial charge on any atom is 0.236 e. The summed E-state index contributed by atoms with van der Waals surface area (Å²) in [5.74, 6) is 2.18. The third kappa shape index (κ3) is 7.04. The van der Waals surface area contributed by atoms with Crippen LogP contribution in [0.2, 0.25) is 0 Å². The maximum atomic E-state index is 12.5. The minimum absolute atomic E-state index is 0.218. The number of ether oxygens (including phenoxy) is 1. The maximum absolute atomic E-state index is 12.5. The number of aliphatic imine (C=N–C) groups is 1. The first kappa shape index (κ1) is 21.6. The number of carbonyl (C=O) groups is 1. The Morgan fingerprint density at radius 2 is 1.93 bits per heavy atom. The lowest BCUT2D eigenvalue weighted by Gasteiger charge is -2.37. The number of piperazine rings is 1. The summed E-state index contributed by atoms with van der Waals surface area (Å²) >= 11 is 0. The van der Waals surface area contributed by atoms with Gasteiger partial charge in [0.25, 0.3) is 0 Å². The molecule has 2 aliphatic rings. The first-order valence-electron chi connectivity index (χ1n) is 10.9. The molecule has 1 N–H and O–H groups in total. The van der Waals surface area contributed by atoms with Gasteiger partial charge in [-0.1, -0.05) is 13.3 Å². The van der Waals surface area contributed by atoms with E-state index in [-0.39, 0.29) is 5.91 Å². The molecule has 0 aromatic carbocycles. The number of amides is 1. The molecule has 3 rings (SSSR count). The van der Waals surface area contributed by atoms with Crippen LogP contribution in [0.3, 0.4) is 0 Å². The summed E-state index contributed by atoms with van der Waals surface area (Å²) in [6, 6.07) is 3.92. The predicted octanol–water partition coefficient (Wildman–Crippen LogP) is 1.04. The number of guanidine groups is 1. The Hall–Kier alpha value is -2.06. The summed E-state index contributed by atoms with van der Waals surface area (Å²) in [5, 5.41) is 3.50. The van der Waals surface area contributed by atoms with E-state index in [0.717, 1.165) is 70.3 Å². The van der Waals surface area contributed by atoms with Crippen LogP contribution in [0.1, 0.15) is 25.5 Å². The van der Waals surface area contributed by atoms with Crippen LogP contribution in [0.4, 0.5) is 0 Å². The van der Waals surface area contributed by atoms with Gasteiger partial charge in [-0.05, 0) is 18.6 Å². The molecule has 3 heterocycles. The summed E-state index contributed by atoms with van der Waals surface area (Å²) in [6.07, 6.45) is 4.79. The van der Waals surface area contributed by atoms with Gasteiger partial charge in [-0.15, -0.1) is 0 Å². The SMILES string of the molecule is CCCCN=C(NCCc1ccco1)N1CCN(CC(=O)N2CCOCC2)CC1. The topological polar surface area (TPSA) is 73.6 Å². The number of nitrogens with one attached hydrogen (secondary N) is 1. The third-order valence-corrected chi connectivity index (χ3v) is 5.40. The van der Waals surface area contributed by atoms with Crippen molar-refractivity contribution < 1.29 is 13.9 Å². The molecule has 0 bridgehead atoms. The van der Waals surface area contributed by atoms with E-state index in [4.69, 9.17) is 14.1 Å². The molecule has 1 aromatic rings. The van der Waals surface area contributed by atoms with Crippen LogP contribution in [0.5, 0.6) is 0 Å². The van der Waals surface area contributed by atoms with Crippen LogP contribution < -0.4 is 5.32 Å². The zero-order valence-corrected chi connectivity index (χ0v) is 17.6. The van der Waals surface area contributed by atoms with Crippen LogP contribution >= 0.6 is 0 Å². The first-order valence-corrected chi connectivity index (χ1v) is 10.9. The van der Waals surface area contributed by atoms with Crippen LogP contribution in [0.15, 0.2) is 27.8 Å². The Morgan fingerprint density at radius 3 is 2.62 bits per heavy atom. The molecule has 0 spiro atoms. The molecule has 1 aromatic heterocycles. The highest BCUT2D eigenvalue weighted by molar-refractivity contribution is 5.80. The Morgan fingerprint density at radius 1 is 1.14 bits per heavy atom. The van der Waals surface area contributed by atoms with Gasteiger partial charge in [0.05, 0.1) is 26.0 Å². The lowest BCUT2D eigenvalue weighted by molar-refractivity contribution is -0.136. The summed E-state index contributed by atoms with van der Waals surface area (Å²) in [5.41, 5.74) is 0. The molecule has 1 amide bonds. The number of morpholine rings is 1. The van der Waals surface area contributed by atoms with Crippen molar-refractivity contribution in [3.8, 4) is 0 Å². The third-order valence-electron chi connectivity index (χ3n) is 5.40. The summed E-state index contributed by atoms with van der Waals surface area (Å²) < 4.78 is 10.8. The monoisotopic (exact) mass is 405 g/mol. The van der Waals surface area contributed by atoms with Gasteiger partial charge in [0.1, 0.15) is 5.76 Å². The fraction of sp³-hybridized carbons (Fsp3) is 0.714. The number of hydrogen-bond donors (Lipinski definition) is 1. The summed E-state index contributed by atoms with van der Waals surface area (Å²) in [7, 11) is 0. The van der Waals surface area contributed by atoms with Crippen molar-refractivity contribution in [1.29, 1.82) is 0 Å². The fourth-order valence-electron chi connectivity index (χ4n) is 3.58. The summed E-state index contributed by atoms with van der Waals surface area (Å²) in [6.45, 7) is 10.6. The van der Waals surface area contributed by atoms with Crippen LogP contribution in [0, 0.1) is 0 Å². The van der Waals surface area contributed by atoms with Crippen molar-refractivity contribution in [2.24, 2.45) is 4.99 Å². The van der Waals surface area contributed by atoms with Gasteiger partial charge < -0.3 is 24.3 Å². The van der Waals surface area contributed by atoms with Gasteiger partial charge in [-0.2, -0.15) is 0 Å². The molecule has 0 saturated carbocycles. The number of nitrogens with zero attached hydrogens (tertiary/aromatic N) is 4. The van der Waals surface area contributed by atoms with Crippen molar-refractivity contribution >= 4 is 11.9 Å². The van der Waals surface area contributed by atoms with E-state index in [1.54, 1.807) is 6.26 Å². The molecule has 0 unspecified atom stereocenters. The minimum atomic E-state index is 0.218. The van der Waals surface area contributed by atoms with E-state index < -0.39 is 0 Å².